The lowest BCUT2D eigenvalue weighted by Crippen LogP contribution is -2.24. The fraction of sp³-hybridized carbons (Fsp3) is 0.733. The van der Waals surface area contributed by atoms with Crippen LogP contribution in [0.4, 0.5) is 5.82 Å². The molecule has 0 bridgehead atoms. The van der Waals surface area contributed by atoms with Crippen molar-refractivity contribution in [2.75, 3.05) is 18.4 Å². The summed E-state index contributed by atoms with van der Waals surface area (Å²) in [6, 6.07) is 4.93. The van der Waals surface area contributed by atoms with Crippen molar-refractivity contribution in [1.29, 1.82) is 0 Å². The number of nitrogens with one attached hydrogen (secondary N) is 2. The zero-order valence-corrected chi connectivity index (χ0v) is 11.6. The highest BCUT2D eigenvalue weighted by molar-refractivity contribution is 5.33. The summed E-state index contributed by atoms with van der Waals surface area (Å²) >= 11 is 0. The quantitative estimate of drug-likeness (QED) is 0.854. The highest BCUT2D eigenvalue weighted by atomic mass is 15.2. The predicted octanol–water partition coefficient (Wildman–Crippen LogP) is 2.69. The molecule has 1 atom stereocenters. The third kappa shape index (κ3) is 3.44. The number of rotatable bonds is 5. The lowest BCUT2D eigenvalue weighted by atomic mass is 10.0. The molecule has 1 aliphatic carbocycles. The van der Waals surface area contributed by atoms with Gasteiger partial charge < -0.3 is 10.6 Å². The minimum Gasteiger partial charge on any atom is -0.369 e. The van der Waals surface area contributed by atoms with Crippen LogP contribution >= 0.6 is 0 Å². The second-order valence-electron chi connectivity index (χ2n) is 5.83. The monoisotopic (exact) mass is 260 g/mol. The molecule has 19 heavy (non-hydrogen) atoms. The molecule has 1 saturated carbocycles. The van der Waals surface area contributed by atoms with E-state index in [4.69, 9.17) is 0 Å². The van der Waals surface area contributed by atoms with Gasteiger partial charge in [0.2, 0.25) is 0 Å². The summed E-state index contributed by atoms with van der Waals surface area (Å²) in [6.07, 6.45) is 9.08. The molecule has 1 aromatic heterocycles. The maximum Gasteiger partial charge on any atom is 0.148 e. The molecule has 2 fully saturated rings. The fourth-order valence-corrected chi connectivity index (χ4v) is 3.25. The Labute approximate surface area is 115 Å². The van der Waals surface area contributed by atoms with E-state index >= 15 is 0 Å². The topological polar surface area (TPSA) is 49.8 Å². The standard InChI is InChI=1S/C15H24N4/c1-2-5-12(4-1)14-7-8-15(19-18-14)17-11-9-13-6-3-10-16-13/h7-8,12-13,16H,1-6,9-11H2,(H,17,19). The molecule has 0 radical (unpaired) electrons. The van der Waals surface area contributed by atoms with E-state index in [-0.39, 0.29) is 0 Å². The van der Waals surface area contributed by atoms with Crippen molar-refractivity contribution in [2.45, 2.75) is 56.9 Å². The van der Waals surface area contributed by atoms with E-state index in [1.165, 1.54) is 57.2 Å². The predicted molar refractivity (Wildman–Crippen MR) is 77.4 cm³/mol. The molecule has 1 saturated heterocycles. The van der Waals surface area contributed by atoms with Crippen LogP contribution in [0.15, 0.2) is 12.1 Å². The highest BCUT2D eigenvalue weighted by Gasteiger charge is 2.18. The van der Waals surface area contributed by atoms with Crippen LogP contribution in [-0.4, -0.2) is 29.3 Å². The lowest BCUT2D eigenvalue weighted by Gasteiger charge is -2.11. The fourth-order valence-electron chi connectivity index (χ4n) is 3.25. The smallest absolute Gasteiger partial charge is 0.148 e. The summed E-state index contributed by atoms with van der Waals surface area (Å²) in [5.74, 6) is 1.57. The van der Waals surface area contributed by atoms with Gasteiger partial charge in [-0.25, -0.2) is 0 Å². The Morgan fingerprint density at radius 3 is 2.68 bits per heavy atom. The minimum absolute atomic E-state index is 0.657. The molecule has 4 nitrogen and oxygen atoms in total. The summed E-state index contributed by atoms with van der Waals surface area (Å²) in [6.45, 7) is 2.16. The van der Waals surface area contributed by atoms with Gasteiger partial charge in [-0.1, -0.05) is 12.8 Å². The van der Waals surface area contributed by atoms with Gasteiger partial charge in [-0.2, -0.15) is 5.10 Å². The Kier molecular flexibility index (Phi) is 4.28. The van der Waals surface area contributed by atoms with E-state index in [0.717, 1.165) is 12.4 Å². The van der Waals surface area contributed by atoms with Gasteiger partial charge in [0.05, 0.1) is 5.69 Å². The second-order valence-corrected chi connectivity index (χ2v) is 5.83. The summed E-state index contributed by atoms with van der Waals surface area (Å²) < 4.78 is 0. The third-order valence-corrected chi connectivity index (χ3v) is 4.42. The molecule has 4 heteroatoms. The van der Waals surface area contributed by atoms with Crippen LogP contribution in [-0.2, 0) is 0 Å². The van der Waals surface area contributed by atoms with Gasteiger partial charge in [0.25, 0.3) is 0 Å². The van der Waals surface area contributed by atoms with Crippen LogP contribution in [0.3, 0.4) is 0 Å². The first kappa shape index (κ1) is 12.9. The van der Waals surface area contributed by atoms with Gasteiger partial charge in [-0.3, -0.25) is 0 Å². The van der Waals surface area contributed by atoms with Crippen molar-refractivity contribution in [3.63, 3.8) is 0 Å². The van der Waals surface area contributed by atoms with Crippen LogP contribution in [0.1, 0.15) is 56.6 Å². The number of anilines is 1. The molecule has 2 heterocycles. The van der Waals surface area contributed by atoms with E-state index in [2.05, 4.69) is 33.0 Å². The van der Waals surface area contributed by atoms with Crippen molar-refractivity contribution in [3.05, 3.63) is 17.8 Å². The Bertz CT molecular complexity index is 378. The van der Waals surface area contributed by atoms with Crippen molar-refractivity contribution in [2.24, 2.45) is 0 Å². The Hall–Kier alpha value is -1.16. The molecule has 0 spiro atoms. The summed E-state index contributed by atoms with van der Waals surface area (Å²) in [4.78, 5) is 0. The Balaban J connectivity index is 1.45. The molecular formula is C15H24N4. The van der Waals surface area contributed by atoms with Gasteiger partial charge in [0, 0.05) is 18.5 Å². The largest absolute Gasteiger partial charge is 0.369 e. The molecule has 1 aromatic rings. The van der Waals surface area contributed by atoms with E-state index < -0.39 is 0 Å². The van der Waals surface area contributed by atoms with Gasteiger partial charge >= 0.3 is 0 Å². The van der Waals surface area contributed by atoms with E-state index in [0.29, 0.717) is 12.0 Å². The van der Waals surface area contributed by atoms with Gasteiger partial charge in [-0.05, 0) is 50.8 Å². The SMILES string of the molecule is c1cc(C2CCCC2)nnc1NCCC1CCCN1. The average molecular weight is 260 g/mol. The van der Waals surface area contributed by atoms with Gasteiger partial charge in [-0.15, -0.1) is 5.10 Å². The van der Waals surface area contributed by atoms with Gasteiger partial charge in [0.1, 0.15) is 5.82 Å². The first-order valence-corrected chi connectivity index (χ1v) is 7.73. The summed E-state index contributed by atoms with van der Waals surface area (Å²) in [5, 5.41) is 15.6. The molecule has 104 valence electrons. The van der Waals surface area contributed by atoms with Crippen LogP contribution in [0, 0.1) is 0 Å². The minimum atomic E-state index is 0.657. The molecular weight excluding hydrogens is 236 g/mol. The Morgan fingerprint density at radius 1 is 1.11 bits per heavy atom. The first-order valence-electron chi connectivity index (χ1n) is 7.73. The number of hydrogen-bond donors (Lipinski definition) is 2. The van der Waals surface area contributed by atoms with Gasteiger partial charge in [0.15, 0.2) is 0 Å². The lowest BCUT2D eigenvalue weighted by molar-refractivity contribution is 0.574. The molecule has 3 rings (SSSR count). The molecule has 1 aliphatic heterocycles. The zero-order chi connectivity index (χ0) is 12.9. The summed E-state index contributed by atoms with van der Waals surface area (Å²) in [5.41, 5.74) is 1.18. The van der Waals surface area contributed by atoms with Crippen LogP contribution in [0.25, 0.3) is 0 Å². The molecule has 2 N–H and O–H groups in total. The number of aromatic nitrogens is 2. The number of hydrogen-bond acceptors (Lipinski definition) is 4. The molecule has 1 unspecified atom stereocenters. The van der Waals surface area contributed by atoms with Crippen LogP contribution < -0.4 is 10.6 Å². The molecule has 2 aliphatic rings. The van der Waals surface area contributed by atoms with Crippen LogP contribution in [0.2, 0.25) is 0 Å². The summed E-state index contributed by atoms with van der Waals surface area (Å²) in [7, 11) is 0. The highest BCUT2D eigenvalue weighted by Crippen LogP contribution is 2.32. The van der Waals surface area contributed by atoms with Crippen LogP contribution in [0.5, 0.6) is 0 Å². The molecule has 0 amide bonds. The Morgan fingerprint density at radius 2 is 2.00 bits per heavy atom. The van der Waals surface area contributed by atoms with E-state index in [9.17, 15) is 0 Å². The maximum absolute atomic E-state index is 4.38. The van der Waals surface area contributed by atoms with Crippen molar-refractivity contribution in [3.8, 4) is 0 Å². The maximum atomic E-state index is 4.38. The normalized spacial score (nSPS) is 23.9. The third-order valence-electron chi connectivity index (χ3n) is 4.42. The van der Waals surface area contributed by atoms with Crippen molar-refractivity contribution < 1.29 is 0 Å². The molecule has 0 aromatic carbocycles. The number of nitrogens with zero attached hydrogens (tertiary/aromatic N) is 2. The van der Waals surface area contributed by atoms with Crippen molar-refractivity contribution >= 4 is 5.82 Å². The average Bonchev–Trinajstić information content (AvgIpc) is 3.13. The first-order chi connectivity index (χ1) is 9.42. The van der Waals surface area contributed by atoms with E-state index in [1.807, 2.05) is 0 Å². The zero-order valence-electron chi connectivity index (χ0n) is 11.6. The van der Waals surface area contributed by atoms with Crippen molar-refractivity contribution in [1.82, 2.24) is 15.5 Å². The second kappa shape index (κ2) is 6.33. The van der Waals surface area contributed by atoms with E-state index in [1.54, 1.807) is 0 Å².